The van der Waals surface area contributed by atoms with Gasteiger partial charge in [0.1, 0.15) is 35.2 Å². The summed E-state index contributed by atoms with van der Waals surface area (Å²) in [6.45, 7) is -1.56. The van der Waals surface area contributed by atoms with Gasteiger partial charge in [0.2, 0.25) is 0 Å². The summed E-state index contributed by atoms with van der Waals surface area (Å²) < 4.78 is 91.9. The number of rotatable bonds is 7. The summed E-state index contributed by atoms with van der Waals surface area (Å²) in [5, 5.41) is 0. The minimum absolute atomic E-state index is 0.0552. The van der Waals surface area contributed by atoms with E-state index in [4.69, 9.17) is 9.47 Å². The topological polar surface area (TPSA) is 27.7 Å². The van der Waals surface area contributed by atoms with Crippen molar-refractivity contribution in [2.75, 3.05) is 13.2 Å². The average molecular weight is 550 g/mol. The van der Waals surface area contributed by atoms with Gasteiger partial charge in [0.25, 0.3) is 0 Å². The van der Waals surface area contributed by atoms with Crippen molar-refractivity contribution in [2.45, 2.75) is 12.4 Å². The second-order valence-electron chi connectivity index (χ2n) is 5.44. The Balaban J connectivity index is 2.13. The first-order valence-corrected chi connectivity index (χ1v) is 9.35. The minimum Gasteiger partial charge on any atom is -0.489 e. The molecule has 29 heavy (non-hydrogen) atoms. The minimum atomic E-state index is -4.68. The van der Waals surface area contributed by atoms with Crippen LogP contribution in [0.4, 0.5) is 26.3 Å². The van der Waals surface area contributed by atoms with Crippen LogP contribution in [-0.2, 0) is 6.18 Å². The van der Waals surface area contributed by atoms with E-state index in [1.807, 2.05) is 0 Å². The Bertz CT molecular complexity index is 844. The molecule has 11 heteroatoms. The van der Waals surface area contributed by atoms with Crippen LogP contribution in [0.5, 0.6) is 23.0 Å². The number of ether oxygens (including phenoxy) is 3. The highest BCUT2D eigenvalue weighted by atomic mass is 79.9. The molecule has 0 unspecified atom stereocenters. The van der Waals surface area contributed by atoms with Crippen LogP contribution in [0.1, 0.15) is 5.56 Å². The lowest BCUT2D eigenvalue weighted by atomic mass is 10.2. The smallest absolute Gasteiger partial charge is 0.422 e. The molecule has 158 valence electrons. The van der Waals surface area contributed by atoms with Crippen molar-refractivity contribution < 1.29 is 40.6 Å². The summed E-state index contributed by atoms with van der Waals surface area (Å²) in [6.07, 6.45) is -7.68. The first-order valence-electron chi connectivity index (χ1n) is 7.77. The van der Waals surface area contributed by atoms with Crippen LogP contribution in [0.2, 0.25) is 0 Å². The fourth-order valence-corrected chi connectivity index (χ4v) is 2.28. The van der Waals surface area contributed by atoms with E-state index in [-0.39, 0.29) is 29.6 Å². The summed E-state index contributed by atoms with van der Waals surface area (Å²) in [5.41, 5.74) is -1.03. The third-order valence-corrected chi connectivity index (χ3v) is 3.84. The molecule has 0 fully saturated rings. The van der Waals surface area contributed by atoms with Crippen molar-refractivity contribution in [1.29, 1.82) is 0 Å². The van der Waals surface area contributed by atoms with Crippen molar-refractivity contribution in [3.8, 4) is 23.0 Å². The number of alkyl halides is 6. The quantitative estimate of drug-likeness (QED) is 0.336. The Morgan fingerprint density at radius 1 is 0.828 bits per heavy atom. The first kappa shape index (κ1) is 23.4. The Hall–Kier alpha value is -1.88. The van der Waals surface area contributed by atoms with Crippen molar-refractivity contribution in [3.63, 3.8) is 0 Å². The predicted octanol–water partition coefficient (Wildman–Crippen LogP) is 7.45. The van der Waals surface area contributed by atoms with Crippen LogP contribution in [0.3, 0.4) is 0 Å². The molecule has 0 spiro atoms. The molecule has 0 aliphatic rings. The average Bonchev–Trinajstić information content (AvgIpc) is 2.60. The maximum Gasteiger partial charge on any atom is 0.422 e. The molecule has 3 nitrogen and oxygen atoms in total. The summed E-state index contributed by atoms with van der Waals surface area (Å²) in [5.74, 6) is -0.429. The fourth-order valence-electron chi connectivity index (χ4n) is 2.02. The van der Waals surface area contributed by atoms with Crippen LogP contribution in [0.25, 0.3) is 0 Å². The Morgan fingerprint density at radius 3 is 1.97 bits per heavy atom. The lowest BCUT2D eigenvalue weighted by Crippen LogP contribution is -2.19. The molecule has 0 amide bonds. The molecule has 0 aliphatic heterocycles. The molecule has 0 saturated heterocycles. The van der Waals surface area contributed by atoms with E-state index in [1.54, 1.807) is 0 Å². The fraction of sp³-hybridized carbons (Fsp3) is 0.222. The van der Waals surface area contributed by atoms with Gasteiger partial charge in [-0.2, -0.15) is 26.3 Å². The van der Waals surface area contributed by atoms with Gasteiger partial charge in [0.05, 0.1) is 3.39 Å². The van der Waals surface area contributed by atoms with E-state index in [0.29, 0.717) is 3.39 Å². The van der Waals surface area contributed by atoms with Crippen LogP contribution in [0.15, 0.2) is 51.9 Å². The van der Waals surface area contributed by atoms with Gasteiger partial charge < -0.3 is 14.2 Å². The molecular formula is C18H12Br2F6O3. The van der Waals surface area contributed by atoms with E-state index < -0.39 is 24.5 Å². The molecule has 0 heterocycles. The van der Waals surface area contributed by atoms with Crippen LogP contribution in [0, 0.1) is 0 Å². The molecular weight excluding hydrogens is 538 g/mol. The Labute approximate surface area is 178 Å². The largest absolute Gasteiger partial charge is 0.489 e. The molecule has 2 aromatic carbocycles. The summed E-state index contributed by atoms with van der Waals surface area (Å²) in [7, 11) is 0. The highest BCUT2D eigenvalue weighted by molar-refractivity contribution is 9.28. The third-order valence-electron chi connectivity index (χ3n) is 3.19. The number of hydrogen-bond acceptors (Lipinski definition) is 3. The number of hydrogen-bond donors (Lipinski definition) is 0. The van der Waals surface area contributed by atoms with E-state index >= 15 is 0 Å². The number of halogens is 8. The van der Waals surface area contributed by atoms with E-state index in [9.17, 15) is 26.3 Å². The van der Waals surface area contributed by atoms with Crippen molar-refractivity contribution in [3.05, 3.63) is 57.5 Å². The lowest BCUT2D eigenvalue weighted by molar-refractivity contribution is -0.153. The summed E-state index contributed by atoms with van der Waals surface area (Å²) >= 11 is 6.14. The van der Waals surface area contributed by atoms with Crippen LogP contribution < -0.4 is 14.2 Å². The highest BCUT2D eigenvalue weighted by Crippen LogP contribution is 2.39. The predicted molar refractivity (Wildman–Crippen MR) is 101 cm³/mol. The SMILES string of the molecule is FC(F)(F)COc1ccc(Oc2ccc(OCC=C(Br)Br)c(C(F)(F)F)c2)cc1. The zero-order chi connectivity index (χ0) is 21.7. The Morgan fingerprint density at radius 2 is 1.41 bits per heavy atom. The van der Waals surface area contributed by atoms with Gasteiger partial charge in [-0.1, -0.05) is 0 Å². The maximum atomic E-state index is 13.3. The van der Waals surface area contributed by atoms with E-state index in [0.717, 1.165) is 12.1 Å². The molecule has 0 N–H and O–H groups in total. The van der Waals surface area contributed by atoms with Crippen LogP contribution >= 0.6 is 31.9 Å². The zero-order valence-electron chi connectivity index (χ0n) is 14.3. The molecule has 0 aromatic heterocycles. The van der Waals surface area contributed by atoms with Crippen molar-refractivity contribution >= 4 is 31.9 Å². The maximum absolute atomic E-state index is 13.3. The molecule has 0 radical (unpaired) electrons. The standard InChI is InChI=1S/C18H12Br2F6O3/c19-16(20)7-8-27-15-6-5-13(9-14(15)18(24,25)26)29-12-3-1-11(2-4-12)28-10-17(21,22)23/h1-7,9H,8,10H2. The van der Waals surface area contributed by atoms with Gasteiger partial charge >= 0.3 is 12.4 Å². The molecule has 0 atom stereocenters. The normalized spacial score (nSPS) is 11.7. The third kappa shape index (κ3) is 8.17. The summed E-state index contributed by atoms with van der Waals surface area (Å²) in [4.78, 5) is 0. The van der Waals surface area contributed by atoms with Gasteiger partial charge in [0, 0.05) is 0 Å². The highest BCUT2D eigenvalue weighted by Gasteiger charge is 2.35. The van der Waals surface area contributed by atoms with Crippen molar-refractivity contribution in [1.82, 2.24) is 0 Å². The van der Waals surface area contributed by atoms with E-state index in [1.165, 1.54) is 36.4 Å². The second-order valence-corrected chi connectivity index (χ2v) is 8.21. The second kappa shape index (κ2) is 9.75. The van der Waals surface area contributed by atoms with Crippen molar-refractivity contribution in [2.24, 2.45) is 0 Å². The van der Waals surface area contributed by atoms with Gasteiger partial charge in [-0.3, -0.25) is 0 Å². The molecule has 2 rings (SSSR count). The van der Waals surface area contributed by atoms with Gasteiger partial charge in [-0.15, -0.1) is 0 Å². The van der Waals surface area contributed by atoms with E-state index in [2.05, 4.69) is 36.6 Å². The number of benzene rings is 2. The van der Waals surface area contributed by atoms with Crippen LogP contribution in [-0.4, -0.2) is 19.4 Å². The van der Waals surface area contributed by atoms with Gasteiger partial charge in [-0.25, -0.2) is 0 Å². The molecule has 2 aromatic rings. The Kier molecular flexibility index (Phi) is 7.87. The first-order chi connectivity index (χ1) is 13.4. The lowest BCUT2D eigenvalue weighted by Gasteiger charge is -2.15. The molecule has 0 bridgehead atoms. The molecule has 0 saturated carbocycles. The molecule has 0 aliphatic carbocycles. The van der Waals surface area contributed by atoms with Gasteiger partial charge in [-0.05, 0) is 80.4 Å². The van der Waals surface area contributed by atoms with Gasteiger partial charge in [0.15, 0.2) is 6.61 Å². The zero-order valence-corrected chi connectivity index (χ0v) is 17.5. The monoisotopic (exact) mass is 548 g/mol. The summed E-state index contributed by atoms with van der Waals surface area (Å²) in [6, 6.07) is 8.17.